The summed E-state index contributed by atoms with van der Waals surface area (Å²) in [7, 11) is -0.445. The number of ether oxygens (including phenoxy) is 1. The minimum absolute atomic E-state index is 0.0395. The average Bonchev–Trinajstić information content (AvgIpc) is 2.79. The van der Waals surface area contributed by atoms with E-state index in [9.17, 15) is 9.90 Å². The van der Waals surface area contributed by atoms with E-state index in [1.165, 1.54) is 4.90 Å². The van der Waals surface area contributed by atoms with Crippen LogP contribution in [-0.4, -0.2) is 54.1 Å². The van der Waals surface area contributed by atoms with E-state index in [-0.39, 0.29) is 18.8 Å². The minimum atomic E-state index is -0.956. The van der Waals surface area contributed by atoms with Crippen molar-refractivity contribution in [2.24, 2.45) is 0 Å². The van der Waals surface area contributed by atoms with Gasteiger partial charge in [-0.25, -0.2) is 4.79 Å². The van der Waals surface area contributed by atoms with Gasteiger partial charge in [0.05, 0.1) is 25.5 Å². The number of carbonyl (C=O) groups is 1. The van der Waals surface area contributed by atoms with Crippen molar-refractivity contribution < 1.29 is 23.9 Å². The lowest BCUT2D eigenvalue weighted by atomic mass is 9.70. The maximum absolute atomic E-state index is 11.5. The SMILES string of the molecule is CC1OC=CC2=CC(CN(C(=O)O)C(C)(C)C)OB3OCC1=C32. The van der Waals surface area contributed by atoms with E-state index in [0.717, 1.165) is 16.6 Å². The van der Waals surface area contributed by atoms with Gasteiger partial charge in [-0.15, -0.1) is 0 Å². The van der Waals surface area contributed by atoms with E-state index < -0.39 is 18.8 Å². The van der Waals surface area contributed by atoms with Crippen molar-refractivity contribution in [1.29, 1.82) is 0 Å². The predicted octanol–water partition coefficient (Wildman–Crippen LogP) is 2.38. The monoisotopic (exact) mass is 319 g/mol. The van der Waals surface area contributed by atoms with Gasteiger partial charge in [0, 0.05) is 5.54 Å². The van der Waals surface area contributed by atoms with E-state index >= 15 is 0 Å². The molecule has 3 aliphatic rings. The quantitative estimate of drug-likeness (QED) is 0.792. The zero-order chi connectivity index (χ0) is 16.8. The van der Waals surface area contributed by atoms with Crippen LogP contribution in [0.25, 0.3) is 0 Å². The Morgan fingerprint density at radius 1 is 1.48 bits per heavy atom. The van der Waals surface area contributed by atoms with Crippen molar-refractivity contribution in [3.05, 3.63) is 35.0 Å². The molecule has 6 nitrogen and oxygen atoms in total. The zero-order valence-corrected chi connectivity index (χ0v) is 13.9. The molecule has 23 heavy (non-hydrogen) atoms. The Labute approximate surface area is 136 Å². The van der Waals surface area contributed by atoms with Gasteiger partial charge < -0.3 is 24.1 Å². The van der Waals surface area contributed by atoms with Gasteiger partial charge in [-0.2, -0.15) is 0 Å². The first-order chi connectivity index (χ1) is 10.8. The first-order valence-corrected chi connectivity index (χ1v) is 7.82. The molecule has 0 aromatic carbocycles. The van der Waals surface area contributed by atoms with Gasteiger partial charge in [0.25, 0.3) is 0 Å². The Morgan fingerprint density at radius 3 is 2.87 bits per heavy atom. The maximum atomic E-state index is 11.5. The molecule has 0 aromatic rings. The molecular formula is C16H22BNO5. The number of carboxylic acid groups (broad SMARTS) is 1. The van der Waals surface area contributed by atoms with E-state index in [2.05, 4.69) is 0 Å². The van der Waals surface area contributed by atoms with Gasteiger partial charge in [-0.05, 0) is 56.5 Å². The molecular weight excluding hydrogens is 297 g/mol. The van der Waals surface area contributed by atoms with E-state index in [0.29, 0.717) is 6.61 Å². The summed E-state index contributed by atoms with van der Waals surface area (Å²) < 4.78 is 17.3. The second kappa shape index (κ2) is 5.72. The smallest absolute Gasteiger partial charge is 0.494 e. The summed E-state index contributed by atoms with van der Waals surface area (Å²) in [4.78, 5) is 12.9. The fraction of sp³-hybridized carbons (Fsp3) is 0.562. The van der Waals surface area contributed by atoms with Crippen LogP contribution in [0, 0.1) is 0 Å². The van der Waals surface area contributed by atoms with Gasteiger partial charge in [0.1, 0.15) is 6.10 Å². The Hall–Kier alpha value is -1.73. The zero-order valence-electron chi connectivity index (χ0n) is 13.9. The first kappa shape index (κ1) is 16.1. The molecule has 3 aliphatic heterocycles. The van der Waals surface area contributed by atoms with Gasteiger partial charge in [-0.3, -0.25) is 0 Å². The summed E-state index contributed by atoms with van der Waals surface area (Å²) in [6, 6.07) is 0. The summed E-state index contributed by atoms with van der Waals surface area (Å²) in [5.74, 6) is 0. The molecule has 0 saturated heterocycles. The van der Waals surface area contributed by atoms with Gasteiger partial charge in [-0.1, -0.05) is 0 Å². The number of hydrogen-bond donors (Lipinski definition) is 1. The summed E-state index contributed by atoms with van der Waals surface area (Å²) in [6.07, 6.45) is 4.20. The lowest BCUT2D eigenvalue weighted by Gasteiger charge is -2.36. The Bertz CT molecular complexity index is 604. The third-order valence-electron chi connectivity index (χ3n) is 4.37. The highest BCUT2D eigenvalue weighted by Crippen LogP contribution is 2.36. The van der Waals surface area contributed by atoms with Crippen LogP contribution in [0.2, 0.25) is 0 Å². The third-order valence-corrected chi connectivity index (χ3v) is 4.37. The number of nitrogens with zero attached hydrogens (tertiary/aromatic N) is 1. The molecule has 3 rings (SSSR count). The molecule has 0 radical (unpaired) electrons. The lowest BCUT2D eigenvalue weighted by Crippen LogP contribution is -2.50. The van der Waals surface area contributed by atoms with Crippen molar-refractivity contribution in [3.63, 3.8) is 0 Å². The minimum Gasteiger partial charge on any atom is -0.494 e. The largest absolute Gasteiger partial charge is 0.495 e. The molecule has 1 amide bonds. The number of rotatable bonds is 2. The molecule has 0 bridgehead atoms. The van der Waals surface area contributed by atoms with Crippen LogP contribution < -0.4 is 0 Å². The topological polar surface area (TPSA) is 68.2 Å². The van der Waals surface area contributed by atoms with Crippen LogP contribution in [0.3, 0.4) is 0 Å². The van der Waals surface area contributed by atoms with Crippen LogP contribution in [0.1, 0.15) is 27.7 Å². The highest BCUT2D eigenvalue weighted by Gasteiger charge is 2.43. The molecule has 1 N–H and O–H groups in total. The molecule has 0 fully saturated rings. The molecule has 0 aliphatic carbocycles. The summed E-state index contributed by atoms with van der Waals surface area (Å²) in [5.41, 5.74) is 2.63. The number of amides is 1. The van der Waals surface area contributed by atoms with Gasteiger partial charge >= 0.3 is 13.2 Å². The van der Waals surface area contributed by atoms with Crippen molar-refractivity contribution in [3.8, 4) is 0 Å². The fourth-order valence-electron chi connectivity index (χ4n) is 3.10. The Balaban J connectivity index is 1.88. The molecule has 0 saturated carbocycles. The number of hydrogen-bond acceptors (Lipinski definition) is 4. The normalized spacial score (nSPS) is 26.4. The van der Waals surface area contributed by atoms with Crippen LogP contribution in [-0.2, 0) is 14.0 Å². The van der Waals surface area contributed by atoms with E-state index in [4.69, 9.17) is 14.0 Å². The number of allylic oxidation sites excluding steroid dienone is 3. The van der Waals surface area contributed by atoms with Crippen molar-refractivity contribution in [2.45, 2.75) is 45.4 Å². The molecule has 2 atom stereocenters. The Kier molecular flexibility index (Phi) is 4.02. The maximum Gasteiger partial charge on any atom is 0.495 e. The van der Waals surface area contributed by atoms with Crippen molar-refractivity contribution in [1.82, 2.24) is 4.90 Å². The standard InChI is InChI=1S/C16H22BNO5/c1-10-13-9-22-17-14(13)11(5-6-21-10)7-12(23-17)8-18(15(19)20)16(2,3)4/h5-7,10,12H,8-9H2,1-4H3,(H,19,20). The molecule has 0 spiro atoms. The van der Waals surface area contributed by atoms with Crippen LogP contribution >= 0.6 is 0 Å². The van der Waals surface area contributed by atoms with Gasteiger partial charge in [0.15, 0.2) is 0 Å². The van der Waals surface area contributed by atoms with Crippen molar-refractivity contribution in [2.75, 3.05) is 13.2 Å². The fourth-order valence-corrected chi connectivity index (χ4v) is 3.10. The van der Waals surface area contributed by atoms with Crippen LogP contribution in [0.4, 0.5) is 4.79 Å². The summed E-state index contributed by atoms with van der Waals surface area (Å²) in [5, 5.41) is 9.46. The highest BCUT2D eigenvalue weighted by molar-refractivity contribution is 6.57. The highest BCUT2D eigenvalue weighted by atomic mass is 16.6. The first-order valence-electron chi connectivity index (χ1n) is 7.82. The Morgan fingerprint density at radius 2 is 2.22 bits per heavy atom. The van der Waals surface area contributed by atoms with Gasteiger partial charge in [0.2, 0.25) is 0 Å². The summed E-state index contributed by atoms with van der Waals surface area (Å²) in [6.45, 7) is 8.33. The second-order valence-electron chi connectivity index (χ2n) is 7.02. The van der Waals surface area contributed by atoms with Crippen molar-refractivity contribution >= 4 is 13.2 Å². The average molecular weight is 319 g/mol. The molecule has 0 aromatic heterocycles. The predicted molar refractivity (Wildman–Crippen MR) is 85.9 cm³/mol. The molecule has 3 heterocycles. The molecule has 7 heteroatoms. The second-order valence-corrected chi connectivity index (χ2v) is 7.02. The lowest BCUT2D eigenvalue weighted by molar-refractivity contribution is 0.0682. The van der Waals surface area contributed by atoms with E-state index in [1.54, 1.807) is 6.26 Å². The van der Waals surface area contributed by atoms with E-state index in [1.807, 2.05) is 39.8 Å². The van der Waals surface area contributed by atoms with Crippen LogP contribution in [0.5, 0.6) is 0 Å². The third kappa shape index (κ3) is 3.03. The molecule has 2 unspecified atom stereocenters. The summed E-state index contributed by atoms with van der Waals surface area (Å²) >= 11 is 0. The van der Waals surface area contributed by atoms with Crippen LogP contribution in [0.15, 0.2) is 35.0 Å². The molecule has 124 valence electrons.